The largest absolute Gasteiger partial charge is 0.494 e. The molecule has 2 aliphatic heterocycles. The van der Waals surface area contributed by atoms with Gasteiger partial charge in [-0.15, -0.1) is 0 Å². The second kappa shape index (κ2) is 9.56. The lowest BCUT2D eigenvalue weighted by Crippen LogP contribution is -2.24. The van der Waals surface area contributed by atoms with Crippen LogP contribution in [0.4, 0.5) is 13.2 Å². The number of hydrogen-bond acceptors (Lipinski definition) is 3. The summed E-state index contributed by atoms with van der Waals surface area (Å²) in [6.45, 7) is 9.90. The first-order chi connectivity index (χ1) is 14.3. The number of ether oxygens (including phenoxy) is 3. The van der Waals surface area contributed by atoms with E-state index in [4.69, 9.17) is 14.2 Å². The molecule has 0 bridgehead atoms. The summed E-state index contributed by atoms with van der Waals surface area (Å²) in [5, 5.41) is 0. The van der Waals surface area contributed by atoms with Crippen LogP contribution >= 0.6 is 0 Å². The molecule has 162 valence electrons. The first-order valence-corrected chi connectivity index (χ1v) is 10.1. The third-order valence-corrected chi connectivity index (χ3v) is 5.45. The van der Waals surface area contributed by atoms with Crippen molar-refractivity contribution in [2.75, 3.05) is 13.7 Å². The molecular weight excluding hydrogens is 393 g/mol. The van der Waals surface area contributed by atoms with Gasteiger partial charge in [0.1, 0.15) is 0 Å². The second-order valence-corrected chi connectivity index (χ2v) is 7.68. The fourth-order valence-electron chi connectivity index (χ4n) is 3.72. The molecule has 30 heavy (non-hydrogen) atoms. The van der Waals surface area contributed by atoms with Gasteiger partial charge in [-0.1, -0.05) is 38.7 Å². The van der Waals surface area contributed by atoms with Crippen molar-refractivity contribution in [1.29, 1.82) is 0 Å². The van der Waals surface area contributed by atoms with Gasteiger partial charge >= 0.3 is 0 Å². The molecule has 0 aliphatic carbocycles. The number of methoxy groups -OCH3 is 1. The minimum Gasteiger partial charge on any atom is -0.494 e. The average Bonchev–Trinajstić information content (AvgIpc) is 2.75. The van der Waals surface area contributed by atoms with Crippen LogP contribution < -0.4 is 4.74 Å². The van der Waals surface area contributed by atoms with Gasteiger partial charge in [0.25, 0.3) is 0 Å². The maximum absolute atomic E-state index is 14.7. The summed E-state index contributed by atoms with van der Waals surface area (Å²) in [4.78, 5) is 0. The first kappa shape index (κ1) is 22.2. The number of hydrogen-bond donors (Lipinski definition) is 0. The Morgan fingerprint density at radius 1 is 1.30 bits per heavy atom. The molecule has 3 rings (SSSR count). The summed E-state index contributed by atoms with van der Waals surface area (Å²) >= 11 is 0. The molecule has 2 heterocycles. The van der Waals surface area contributed by atoms with Crippen molar-refractivity contribution < 1.29 is 27.4 Å². The Bertz CT molecular complexity index is 893. The van der Waals surface area contributed by atoms with E-state index >= 15 is 0 Å². The van der Waals surface area contributed by atoms with Crippen LogP contribution in [0.15, 0.2) is 48.2 Å². The zero-order chi connectivity index (χ0) is 21.8. The van der Waals surface area contributed by atoms with Crippen LogP contribution in [0.5, 0.6) is 5.75 Å². The second-order valence-electron chi connectivity index (χ2n) is 7.68. The van der Waals surface area contributed by atoms with Crippen molar-refractivity contribution in [2.45, 2.75) is 45.1 Å². The van der Waals surface area contributed by atoms with Crippen LogP contribution in [0.2, 0.25) is 0 Å². The molecule has 1 aromatic carbocycles. The summed E-state index contributed by atoms with van der Waals surface area (Å²) in [5.41, 5.74) is 0.815. The summed E-state index contributed by atoms with van der Waals surface area (Å²) in [5.74, 6) is -3.83. The third-order valence-electron chi connectivity index (χ3n) is 5.45. The Morgan fingerprint density at radius 3 is 2.70 bits per heavy atom. The molecule has 0 radical (unpaired) electrons. The lowest BCUT2D eigenvalue weighted by Gasteiger charge is -2.27. The molecule has 0 saturated carbocycles. The first-order valence-electron chi connectivity index (χ1n) is 10.1. The van der Waals surface area contributed by atoms with E-state index in [1.807, 2.05) is 6.08 Å². The molecule has 1 aromatic rings. The lowest BCUT2D eigenvalue weighted by atomic mass is 9.94. The Labute approximate surface area is 175 Å². The Morgan fingerprint density at radius 2 is 2.07 bits per heavy atom. The Kier molecular flexibility index (Phi) is 7.08. The van der Waals surface area contributed by atoms with E-state index in [1.165, 1.54) is 13.2 Å². The van der Waals surface area contributed by atoms with E-state index < -0.39 is 17.5 Å². The third kappa shape index (κ3) is 4.64. The van der Waals surface area contributed by atoms with Crippen LogP contribution in [0.25, 0.3) is 6.08 Å². The van der Waals surface area contributed by atoms with Crippen LogP contribution in [0.1, 0.15) is 43.7 Å². The van der Waals surface area contributed by atoms with Crippen LogP contribution in [-0.2, 0) is 15.9 Å². The Hall–Kier alpha value is -2.47. The van der Waals surface area contributed by atoms with Gasteiger partial charge in [0.2, 0.25) is 11.6 Å². The lowest BCUT2D eigenvalue weighted by molar-refractivity contribution is -0.00823. The summed E-state index contributed by atoms with van der Waals surface area (Å²) in [7, 11) is 1.25. The maximum Gasteiger partial charge on any atom is 0.207 e. The minimum atomic E-state index is -1.16. The molecule has 0 spiro atoms. The van der Waals surface area contributed by atoms with Gasteiger partial charge < -0.3 is 14.2 Å². The molecule has 6 heteroatoms. The van der Waals surface area contributed by atoms with Gasteiger partial charge in [-0.25, -0.2) is 4.39 Å². The fourth-order valence-corrected chi connectivity index (χ4v) is 3.72. The number of benzene rings is 1. The van der Waals surface area contributed by atoms with Crippen molar-refractivity contribution in [3.63, 3.8) is 0 Å². The Balaban J connectivity index is 1.81. The maximum atomic E-state index is 14.7. The molecule has 2 aliphatic rings. The molecular formula is C24H27F3O3. The molecule has 1 saturated heterocycles. The van der Waals surface area contributed by atoms with Gasteiger partial charge in [-0.05, 0) is 30.9 Å². The standard InChI is InChI=1S/C24H27F3O3/c1-5-6-19-10-8-16(13-29-19)7-9-17-12-18-11-14(2)23(20(25)15(3)28-4)30-24(18)22(27)21(17)26/h7,9,12,16,19H,2-3,5-6,8,10-11,13H2,1,4H3/b9-7+,23-20-. The van der Waals surface area contributed by atoms with Gasteiger partial charge in [0, 0.05) is 23.5 Å². The van der Waals surface area contributed by atoms with Gasteiger partial charge in [0.15, 0.2) is 23.1 Å². The number of fused-ring (bicyclic) bond motifs is 1. The van der Waals surface area contributed by atoms with Crippen molar-refractivity contribution >= 4 is 6.08 Å². The van der Waals surface area contributed by atoms with E-state index in [1.54, 1.807) is 6.08 Å². The van der Waals surface area contributed by atoms with Crippen LogP contribution in [0.3, 0.4) is 0 Å². The van der Waals surface area contributed by atoms with Crippen molar-refractivity contribution in [2.24, 2.45) is 5.92 Å². The predicted octanol–water partition coefficient (Wildman–Crippen LogP) is 6.41. The number of halogens is 3. The van der Waals surface area contributed by atoms with Crippen molar-refractivity contribution in [3.05, 3.63) is 71.0 Å². The quantitative estimate of drug-likeness (QED) is 0.498. The van der Waals surface area contributed by atoms with Gasteiger partial charge in [0.05, 0.1) is 19.8 Å². The normalized spacial score (nSPS) is 23.2. The summed E-state index contributed by atoms with van der Waals surface area (Å²) in [6, 6.07) is 1.51. The van der Waals surface area contributed by atoms with E-state index in [0.29, 0.717) is 17.7 Å². The van der Waals surface area contributed by atoms with Crippen molar-refractivity contribution in [3.8, 4) is 5.75 Å². The van der Waals surface area contributed by atoms with Crippen LogP contribution in [0, 0.1) is 17.6 Å². The fraction of sp³-hybridized carbons (Fsp3) is 0.417. The predicted molar refractivity (Wildman–Crippen MR) is 111 cm³/mol. The molecule has 0 aromatic heterocycles. The number of allylic oxidation sites excluding steroid dienone is 2. The summed E-state index contributed by atoms with van der Waals surface area (Å²) in [6.07, 6.45) is 7.89. The smallest absolute Gasteiger partial charge is 0.207 e. The van der Waals surface area contributed by atoms with Crippen molar-refractivity contribution in [1.82, 2.24) is 0 Å². The van der Waals surface area contributed by atoms with E-state index in [2.05, 4.69) is 20.1 Å². The highest BCUT2D eigenvalue weighted by atomic mass is 19.2. The summed E-state index contributed by atoms with van der Waals surface area (Å²) < 4.78 is 59.6. The van der Waals surface area contributed by atoms with E-state index in [0.717, 1.165) is 25.7 Å². The van der Waals surface area contributed by atoms with E-state index in [-0.39, 0.29) is 41.3 Å². The molecule has 0 N–H and O–H groups in total. The monoisotopic (exact) mass is 420 g/mol. The SMILES string of the molecule is C=C(OC)/C(F)=C1/Oc2c(cc(/C=C/C3CCC(CCC)OC3)c(F)c2F)CC1=C. The average molecular weight is 420 g/mol. The number of rotatable bonds is 6. The van der Waals surface area contributed by atoms with Gasteiger partial charge in [-0.2, -0.15) is 8.78 Å². The molecule has 3 nitrogen and oxygen atoms in total. The zero-order valence-corrected chi connectivity index (χ0v) is 17.4. The molecule has 1 fully saturated rings. The zero-order valence-electron chi connectivity index (χ0n) is 17.4. The van der Waals surface area contributed by atoms with Crippen LogP contribution in [-0.4, -0.2) is 19.8 Å². The minimum absolute atomic E-state index is 0.118. The van der Waals surface area contributed by atoms with E-state index in [9.17, 15) is 13.2 Å². The topological polar surface area (TPSA) is 27.7 Å². The highest BCUT2D eigenvalue weighted by molar-refractivity contribution is 5.58. The van der Waals surface area contributed by atoms with Gasteiger partial charge in [-0.3, -0.25) is 0 Å². The highest BCUT2D eigenvalue weighted by Crippen LogP contribution is 2.39. The molecule has 0 amide bonds. The highest BCUT2D eigenvalue weighted by Gasteiger charge is 2.29. The molecule has 2 atom stereocenters. The molecule has 2 unspecified atom stereocenters.